The van der Waals surface area contributed by atoms with E-state index in [1.165, 1.54) is 5.56 Å². The molecule has 0 aliphatic carbocycles. The molecule has 1 aliphatic heterocycles. The summed E-state index contributed by atoms with van der Waals surface area (Å²) in [5, 5.41) is 18.8. The van der Waals surface area contributed by atoms with Crippen LogP contribution in [0.5, 0.6) is 5.75 Å². The van der Waals surface area contributed by atoms with Crippen LogP contribution in [0.2, 0.25) is 0 Å². The normalized spacial score (nSPS) is 15.9. The number of carboxylic acids is 2. The number of imidazole rings is 1. The summed E-state index contributed by atoms with van der Waals surface area (Å²) in [6.45, 7) is 8.25. The molecule has 2 N–H and O–H groups in total. The fourth-order valence-corrected chi connectivity index (χ4v) is 4.58. The van der Waals surface area contributed by atoms with E-state index in [2.05, 4.69) is 82.9 Å². The first-order valence-electron chi connectivity index (χ1n) is 14.1. The zero-order valence-electron chi connectivity index (χ0n) is 25.8. The Morgan fingerprint density at radius 3 is 2.06 bits per heavy atom. The fraction of sp³-hybridized carbons (Fsp3) is 0.400. The Bertz CT molecular complexity index is 1610. The number of fused-ring (bicyclic) bond motifs is 1. The molecule has 1 fully saturated rings. The van der Waals surface area contributed by atoms with Gasteiger partial charge in [-0.05, 0) is 62.9 Å². The van der Waals surface area contributed by atoms with Crippen LogP contribution in [-0.2, 0) is 16.1 Å². The topological polar surface area (TPSA) is 125 Å². The van der Waals surface area contributed by atoms with Crippen molar-refractivity contribution in [2.75, 3.05) is 33.8 Å². The van der Waals surface area contributed by atoms with Crippen LogP contribution in [0.3, 0.4) is 0 Å². The molecular weight excluding hydrogens is 638 g/mol. The van der Waals surface area contributed by atoms with Gasteiger partial charge in [0.25, 0.3) is 0 Å². The van der Waals surface area contributed by atoms with Crippen LogP contribution in [0.25, 0.3) is 16.9 Å². The molecular formula is C30H34F6N6O5. The third-order valence-electron chi connectivity index (χ3n) is 7.05. The lowest BCUT2D eigenvalue weighted by Crippen LogP contribution is -2.46. The summed E-state index contributed by atoms with van der Waals surface area (Å²) in [5.74, 6) is -4.65. The summed E-state index contributed by atoms with van der Waals surface area (Å²) >= 11 is 0. The Hall–Kier alpha value is -4.64. The molecule has 1 saturated heterocycles. The molecule has 47 heavy (non-hydrogen) atoms. The van der Waals surface area contributed by atoms with Gasteiger partial charge in [0.05, 0.1) is 30.7 Å². The minimum Gasteiger partial charge on any atom is -0.497 e. The average molecular weight is 673 g/mol. The third kappa shape index (κ3) is 10.2. The lowest BCUT2D eigenvalue weighted by Gasteiger charge is -2.38. The molecule has 0 radical (unpaired) electrons. The summed E-state index contributed by atoms with van der Waals surface area (Å²) in [6.07, 6.45) is -3.79. The highest BCUT2D eigenvalue weighted by molar-refractivity contribution is 5.73. The number of nitrogens with zero attached hydrogens (tertiary/aromatic N) is 6. The number of piperazine rings is 1. The van der Waals surface area contributed by atoms with Crippen molar-refractivity contribution in [1.82, 2.24) is 29.0 Å². The van der Waals surface area contributed by atoms with Gasteiger partial charge in [0.2, 0.25) is 0 Å². The fourth-order valence-electron chi connectivity index (χ4n) is 4.58. The number of likely N-dealkylation sites (N-methyl/N-ethyl adjacent to an activating group) is 1. The van der Waals surface area contributed by atoms with E-state index in [0.29, 0.717) is 6.04 Å². The molecule has 1 unspecified atom stereocenters. The van der Waals surface area contributed by atoms with Gasteiger partial charge in [0, 0.05) is 50.2 Å². The molecule has 4 aromatic rings. The minimum atomic E-state index is -5.08. The second-order valence-electron chi connectivity index (χ2n) is 10.8. The van der Waals surface area contributed by atoms with E-state index >= 15 is 0 Å². The Morgan fingerprint density at radius 1 is 0.957 bits per heavy atom. The molecule has 0 spiro atoms. The van der Waals surface area contributed by atoms with E-state index in [-0.39, 0.29) is 6.04 Å². The monoisotopic (exact) mass is 672 g/mol. The standard InChI is InChI=1S/C26H32N6O.2C2HF3O2/c1-19(2)32-16-20(14-27-32)15-30-13-12-29(3)25(18-30)23-17-31-24(6-5-7-26(31)28-23)21-8-10-22(33-4)11-9-21;2*3-2(4,5)1(6)7/h5-11,14,16-17,19,25H,12-13,15,18H2,1-4H3;2*(H,6,7). The van der Waals surface area contributed by atoms with Crippen molar-refractivity contribution >= 4 is 17.6 Å². The predicted molar refractivity (Wildman–Crippen MR) is 158 cm³/mol. The van der Waals surface area contributed by atoms with Crippen LogP contribution in [0.4, 0.5) is 26.3 Å². The van der Waals surface area contributed by atoms with Crippen molar-refractivity contribution in [2.24, 2.45) is 0 Å². The number of aromatic nitrogens is 4. The second-order valence-corrected chi connectivity index (χ2v) is 10.8. The molecule has 11 nitrogen and oxygen atoms in total. The number of carboxylic acid groups (broad SMARTS) is 2. The van der Waals surface area contributed by atoms with E-state index < -0.39 is 24.3 Å². The van der Waals surface area contributed by atoms with Gasteiger partial charge in [0.15, 0.2) is 0 Å². The zero-order valence-corrected chi connectivity index (χ0v) is 25.8. The quantitative estimate of drug-likeness (QED) is 0.254. The molecule has 17 heteroatoms. The number of ether oxygens (including phenoxy) is 1. The summed E-state index contributed by atoms with van der Waals surface area (Å²) in [6, 6.07) is 15.1. The van der Waals surface area contributed by atoms with Crippen LogP contribution in [0.15, 0.2) is 61.1 Å². The molecule has 1 aromatic carbocycles. The number of hydrogen-bond acceptors (Lipinski definition) is 7. The van der Waals surface area contributed by atoms with Gasteiger partial charge in [-0.15, -0.1) is 0 Å². The number of hydrogen-bond donors (Lipinski definition) is 2. The van der Waals surface area contributed by atoms with E-state index in [1.54, 1.807) is 7.11 Å². The maximum Gasteiger partial charge on any atom is 0.490 e. The van der Waals surface area contributed by atoms with Gasteiger partial charge in [-0.1, -0.05) is 6.07 Å². The van der Waals surface area contributed by atoms with Crippen molar-refractivity contribution in [3.05, 3.63) is 72.3 Å². The number of methoxy groups -OCH3 is 1. The minimum absolute atomic E-state index is 0.252. The van der Waals surface area contributed by atoms with Crippen molar-refractivity contribution < 1.29 is 50.9 Å². The van der Waals surface area contributed by atoms with Gasteiger partial charge < -0.3 is 14.9 Å². The SMILES string of the molecule is COc1ccc(-c2cccc3nc(C4CN(Cc5cnn(C(C)C)c5)CCN4C)cn23)cc1.O=C(O)C(F)(F)F.O=C(O)C(F)(F)F. The largest absolute Gasteiger partial charge is 0.497 e. The Morgan fingerprint density at radius 2 is 1.55 bits per heavy atom. The first-order valence-corrected chi connectivity index (χ1v) is 14.1. The zero-order chi connectivity index (χ0) is 35.1. The van der Waals surface area contributed by atoms with Crippen LogP contribution in [-0.4, -0.2) is 97.3 Å². The number of rotatable bonds is 6. The van der Waals surface area contributed by atoms with E-state index in [1.807, 2.05) is 23.0 Å². The van der Waals surface area contributed by atoms with Crippen LogP contribution in [0.1, 0.15) is 37.2 Å². The predicted octanol–water partition coefficient (Wildman–Crippen LogP) is 5.54. The lowest BCUT2D eigenvalue weighted by atomic mass is 10.1. The first-order chi connectivity index (χ1) is 21.9. The number of benzene rings is 1. The van der Waals surface area contributed by atoms with E-state index in [0.717, 1.165) is 54.5 Å². The Labute approximate surface area is 265 Å². The second kappa shape index (κ2) is 15.3. The maximum absolute atomic E-state index is 10.6. The van der Waals surface area contributed by atoms with E-state index in [9.17, 15) is 26.3 Å². The van der Waals surface area contributed by atoms with Crippen LogP contribution in [0, 0.1) is 0 Å². The van der Waals surface area contributed by atoms with E-state index in [4.69, 9.17) is 29.5 Å². The molecule has 1 atom stereocenters. The lowest BCUT2D eigenvalue weighted by molar-refractivity contribution is -0.193. The van der Waals surface area contributed by atoms with Gasteiger partial charge in [-0.2, -0.15) is 31.4 Å². The van der Waals surface area contributed by atoms with Gasteiger partial charge in [-0.25, -0.2) is 14.6 Å². The molecule has 0 saturated carbocycles. The highest BCUT2D eigenvalue weighted by atomic mass is 19.4. The summed E-state index contributed by atoms with van der Waals surface area (Å²) in [7, 11) is 3.89. The highest BCUT2D eigenvalue weighted by Crippen LogP contribution is 2.28. The third-order valence-corrected chi connectivity index (χ3v) is 7.05. The average Bonchev–Trinajstić information content (AvgIpc) is 3.65. The number of alkyl halides is 6. The summed E-state index contributed by atoms with van der Waals surface area (Å²) < 4.78 is 73.0. The first kappa shape index (κ1) is 36.8. The number of pyridine rings is 1. The molecule has 3 aromatic heterocycles. The van der Waals surface area contributed by atoms with Crippen LogP contribution < -0.4 is 4.74 Å². The van der Waals surface area contributed by atoms with Gasteiger partial charge in [-0.3, -0.25) is 18.9 Å². The number of carbonyl (C=O) groups is 2. The molecule has 5 rings (SSSR count). The number of aliphatic carboxylic acids is 2. The van der Waals surface area contributed by atoms with Crippen molar-refractivity contribution in [1.29, 1.82) is 0 Å². The smallest absolute Gasteiger partial charge is 0.490 e. The van der Waals surface area contributed by atoms with Crippen molar-refractivity contribution in [3.8, 4) is 17.0 Å². The van der Waals surface area contributed by atoms with Gasteiger partial charge >= 0.3 is 24.3 Å². The molecule has 4 heterocycles. The Kier molecular flexibility index (Phi) is 12.0. The molecule has 0 bridgehead atoms. The van der Waals surface area contributed by atoms with Gasteiger partial charge in [0.1, 0.15) is 11.4 Å². The maximum atomic E-state index is 10.6. The summed E-state index contributed by atoms with van der Waals surface area (Å²) in [4.78, 5) is 27.8. The van der Waals surface area contributed by atoms with Crippen molar-refractivity contribution in [2.45, 2.75) is 44.8 Å². The molecule has 1 aliphatic rings. The molecule has 256 valence electrons. The van der Waals surface area contributed by atoms with Crippen molar-refractivity contribution in [3.63, 3.8) is 0 Å². The van der Waals surface area contributed by atoms with Crippen LogP contribution >= 0.6 is 0 Å². The summed E-state index contributed by atoms with van der Waals surface area (Å²) in [5.41, 5.74) is 5.63. The number of halogens is 6. The highest BCUT2D eigenvalue weighted by Gasteiger charge is 2.39. The Balaban J connectivity index is 0.000000360. The molecule has 0 amide bonds.